The van der Waals surface area contributed by atoms with E-state index in [2.05, 4.69) is 132 Å². The number of benzene rings is 2. The van der Waals surface area contributed by atoms with Crippen molar-refractivity contribution in [3.8, 4) is 34.2 Å². The number of aromatic amines is 2. The average molecular weight is 499 g/mol. The Hall–Kier alpha value is -4.58. The second-order valence-corrected chi connectivity index (χ2v) is 11.1. The van der Waals surface area contributed by atoms with Crippen molar-refractivity contribution >= 4 is 0 Å². The molecule has 0 spiro atoms. The van der Waals surface area contributed by atoms with Gasteiger partial charge in [0.05, 0.1) is 22.2 Å². The Bertz CT molecular complexity index is 1630. The fourth-order valence-electron chi connectivity index (χ4n) is 5.53. The van der Waals surface area contributed by atoms with Crippen LogP contribution in [0, 0.1) is 0 Å². The molecule has 0 aliphatic carbocycles. The lowest BCUT2D eigenvalue weighted by Crippen LogP contribution is -2.24. The molecule has 8 bridgehead atoms. The van der Waals surface area contributed by atoms with Gasteiger partial charge in [-0.25, -0.2) is 9.97 Å². The van der Waals surface area contributed by atoms with Crippen LogP contribution in [0.2, 0.25) is 0 Å². The molecular weight excluding hydrogens is 468 g/mol. The van der Waals surface area contributed by atoms with Gasteiger partial charge in [0, 0.05) is 35.2 Å². The lowest BCUT2D eigenvalue weighted by molar-refractivity contribution is 0.563. The molecule has 38 heavy (non-hydrogen) atoms. The first kappa shape index (κ1) is 22.6. The standard InChI is InChI=1S/C32H30N6/c1-31(2)27-17-15-23(33-27)26-20-38(22-13-9-6-10-14-22)30(36-26)32(3,4)28-18-16-24(34-28)25-19-37(29(31)35-25)21-11-7-5-8-12-21/h5-20,33-34H,1-4H3. The van der Waals surface area contributed by atoms with Crippen molar-refractivity contribution in [3.63, 3.8) is 0 Å². The molecule has 2 N–H and O–H groups in total. The minimum atomic E-state index is -0.393. The van der Waals surface area contributed by atoms with Crippen LogP contribution in [-0.2, 0) is 10.8 Å². The summed E-state index contributed by atoms with van der Waals surface area (Å²) in [6, 6.07) is 29.4. The van der Waals surface area contributed by atoms with Crippen LogP contribution in [0.15, 0.2) is 97.3 Å². The number of imidazole rings is 2. The summed E-state index contributed by atoms with van der Waals surface area (Å²) < 4.78 is 4.42. The van der Waals surface area contributed by atoms with Crippen LogP contribution in [0.1, 0.15) is 50.7 Å². The first-order valence-corrected chi connectivity index (χ1v) is 13.0. The fraction of sp³-hybridized carbons (Fsp3) is 0.188. The van der Waals surface area contributed by atoms with Crippen molar-refractivity contribution < 1.29 is 0 Å². The number of para-hydroxylation sites is 2. The highest BCUT2D eigenvalue weighted by Gasteiger charge is 2.35. The van der Waals surface area contributed by atoms with E-state index >= 15 is 0 Å². The van der Waals surface area contributed by atoms with Crippen LogP contribution in [0.25, 0.3) is 34.2 Å². The second-order valence-electron chi connectivity index (χ2n) is 11.1. The Morgan fingerprint density at radius 3 is 1.32 bits per heavy atom. The van der Waals surface area contributed by atoms with Crippen molar-refractivity contribution in [3.05, 3.63) is 120 Å². The first-order chi connectivity index (χ1) is 18.3. The van der Waals surface area contributed by atoms with E-state index in [0.717, 1.165) is 57.2 Å². The van der Waals surface area contributed by atoms with E-state index in [1.54, 1.807) is 0 Å². The highest BCUT2D eigenvalue weighted by Crippen LogP contribution is 2.39. The second kappa shape index (κ2) is 7.96. The van der Waals surface area contributed by atoms with Gasteiger partial charge in [0.15, 0.2) is 0 Å². The highest BCUT2D eigenvalue weighted by molar-refractivity contribution is 5.61. The molecule has 2 aromatic carbocycles. The molecule has 7 rings (SSSR count). The molecule has 0 atom stereocenters. The van der Waals surface area contributed by atoms with E-state index in [4.69, 9.17) is 9.97 Å². The summed E-state index contributed by atoms with van der Waals surface area (Å²) in [4.78, 5) is 17.9. The minimum absolute atomic E-state index is 0.393. The normalized spacial score (nSPS) is 15.3. The Kier molecular flexibility index (Phi) is 4.73. The third kappa shape index (κ3) is 3.33. The molecule has 6 nitrogen and oxygen atoms in total. The smallest absolute Gasteiger partial charge is 0.125 e. The van der Waals surface area contributed by atoms with Gasteiger partial charge >= 0.3 is 0 Å². The van der Waals surface area contributed by atoms with Gasteiger partial charge < -0.3 is 19.1 Å². The molecule has 0 saturated heterocycles. The van der Waals surface area contributed by atoms with Gasteiger partial charge in [0.25, 0.3) is 0 Å². The molecule has 188 valence electrons. The first-order valence-electron chi connectivity index (χ1n) is 13.0. The molecule has 0 radical (unpaired) electrons. The Morgan fingerprint density at radius 1 is 0.526 bits per heavy atom. The van der Waals surface area contributed by atoms with E-state index in [-0.39, 0.29) is 0 Å². The lowest BCUT2D eigenvalue weighted by atomic mass is 9.88. The predicted molar refractivity (Wildman–Crippen MR) is 151 cm³/mol. The lowest BCUT2D eigenvalue weighted by Gasteiger charge is -2.24. The van der Waals surface area contributed by atoms with Crippen LogP contribution in [0.4, 0.5) is 0 Å². The number of H-pyrrole nitrogens is 2. The summed E-state index contributed by atoms with van der Waals surface area (Å²) in [7, 11) is 0. The fourth-order valence-corrected chi connectivity index (χ4v) is 5.53. The number of fused-ring (bicyclic) bond motifs is 10. The molecule has 0 unspecified atom stereocenters. The van der Waals surface area contributed by atoms with Gasteiger partial charge in [0.1, 0.15) is 23.0 Å². The number of hydrogen-bond acceptors (Lipinski definition) is 2. The number of rotatable bonds is 2. The molecule has 1 aliphatic rings. The molecular formula is C32H30N6. The summed E-state index contributed by atoms with van der Waals surface area (Å²) in [5, 5.41) is 0. The van der Waals surface area contributed by atoms with Crippen molar-refractivity contribution in [2.75, 3.05) is 0 Å². The van der Waals surface area contributed by atoms with Gasteiger partial charge in [-0.05, 0) is 76.2 Å². The van der Waals surface area contributed by atoms with Crippen molar-refractivity contribution in [2.45, 2.75) is 38.5 Å². The van der Waals surface area contributed by atoms with E-state index < -0.39 is 10.8 Å². The zero-order chi connectivity index (χ0) is 26.1. The summed E-state index contributed by atoms with van der Waals surface area (Å²) in [5.41, 5.74) is 7.36. The Morgan fingerprint density at radius 2 is 0.921 bits per heavy atom. The zero-order valence-corrected chi connectivity index (χ0v) is 22.0. The predicted octanol–water partition coefficient (Wildman–Crippen LogP) is 7.01. The van der Waals surface area contributed by atoms with E-state index in [9.17, 15) is 0 Å². The third-order valence-electron chi connectivity index (χ3n) is 7.87. The molecule has 1 aliphatic heterocycles. The van der Waals surface area contributed by atoms with E-state index in [0.29, 0.717) is 0 Å². The Labute approximate surface area is 222 Å². The molecule has 0 fully saturated rings. The molecule has 6 heteroatoms. The van der Waals surface area contributed by atoms with Gasteiger partial charge in [-0.15, -0.1) is 0 Å². The van der Waals surface area contributed by atoms with Crippen LogP contribution in [0.3, 0.4) is 0 Å². The number of nitrogens with zero attached hydrogens (tertiary/aromatic N) is 4. The molecule has 0 amide bonds. The number of aromatic nitrogens is 6. The van der Waals surface area contributed by atoms with Gasteiger partial charge in [-0.3, -0.25) is 0 Å². The average Bonchev–Trinajstić information content (AvgIpc) is 3.73. The molecule has 4 aromatic heterocycles. The largest absolute Gasteiger partial charge is 0.356 e. The van der Waals surface area contributed by atoms with Crippen molar-refractivity contribution in [2.24, 2.45) is 0 Å². The minimum Gasteiger partial charge on any atom is -0.356 e. The van der Waals surface area contributed by atoms with Crippen molar-refractivity contribution in [1.82, 2.24) is 29.1 Å². The Balaban J connectivity index is 1.51. The van der Waals surface area contributed by atoms with E-state index in [1.165, 1.54) is 0 Å². The monoisotopic (exact) mass is 498 g/mol. The van der Waals surface area contributed by atoms with Gasteiger partial charge in [-0.2, -0.15) is 0 Å². The van der Waals surface area contributed by atoms with Crippen LogP contribution >= 0.6 is 0 Å². The quantitative estimate of drug-likeness (QED) is 0.270. The SMILES string of the molecule is CC1(C)c2ccc([nH]2)-c2cn(-c3ccccc3)c(n2)C(C)(C)c2ccc([nH]2)-c2cn(-c3ccccc3)c1n2. The summed E-state index contributed by atoms with van der Waals surface area (Å²) in [6.07, 6.45) is 4.28. The van der Waals surface area contributed by atoms with Crippen molar-refractivity contribution in [1.29, 1.82) is 0 Å². The molecule has 0 saturated carbocycles. The van der Waals surface area contributed by atoms with Gasteiger partial charge in [-0.1, -0.05) is 36.4 Å². The highest BCUT2D eigenvalue weighted by atomic mass is 15.1. The maximum atomic E-state index is 5.23. The van der Waals surface area contributed by atoms with Crippen LogP contribution in [0.5, 0.6) is 0 Å². The van der Waals surface area contributed by atoms with E-state index in [1.807, 2.05) is 12.1 Å². The van der Waals surface area contributed by atoms with Crippen LogP contribution < -0.4 is 0 Å². The summed E-state index contributed by atoms with van der Waals surface area (Å²) in [6.45, 7) is 8.88. The number of hydrogen-bond donors (Lipinski definition) is 2. The molecule has 6 aromatic rings. The summed E-state index contributed by atoms with van der Waals surface area (Å²) >= 11 is 0. The maximum absolute atomic E-state index is 5.23. The van der Waals surface area contributed by atoms with Gasteiger partial charge in [0.2, 0.25) is 0 Å². The zero-order valence-electron chi connectivity index (χ0n) is 22.0. The summed E-state index contributed by atoms with van der Waals surface area (Å²) in [5.74, 6) is 1.94. The molecule has 5 heterocycles. The number of nitrogens with one attached hydrogen (secondary N) is 2. The van der Waals surface area contributed by atoms with Crippen LogP contribution in [-0.4, -0.2) is 29.1 Å². The topological polar surface area (TPSA) is 67.2 Å². The third-order valence-corrected chi connectivity index (χ3v) is 7.87. The maximum Gasteiger partial charge on any atom is 0.125 e.